The smallest absolute Gasteiger partial charge is 0.248 e. The minimum Gasteiger partial charge on any atom is -0.340 e. The van der Waals surface area contributed by atoms with Crippen LogP contribution in [-0.4, -0.2) is 34.8 Å². The molecular weight excluding hydrogens is 240 g/mol. The number of nitrogens with one attached hydrogen (secondary N) is 1. The average Bonchev–Trinajstić information content (AvgIpc) is 2.30. The second-order valence-electron chi connectivity index (χ2n) is 6.27. The molecule has 0 aromatic rings. The molecule has 2 atom stereocenters. The molecule has 0 bridgehead atoms. The third-order valence-corrected chi connectivity index (χ3v) is 3.76. The zero-order valence-corrected chi connectivity index (χ0v) is 13.0. The lowest BCUT2D eigenvalue weighted by molar-refractivity contribution is -0.154. The van der Waals surface area contributed by atoms with Crippen LogP contribution in [0.15, 0.2) is 0 Å². The molecule has 1 heterocycles. The predicted octanol–water partition coefficient (Wildman–Crippen LogP) is 2.33. The fraction of sp³-hybridized carbons (Fsp3) is 0.867. The molecule has 0 radical (unpaired) electrons. The van der Waals surface area contributed by atoms with Crippen LogP contribution in [0.1, 0.15) is 60.3 Å². The van der Waals surface area contributed by atoms with E-state index in [-0.39, 0.29) is 17.9 Å². The highest BCUT2D eigenvalue weighted by molar-refractivity contribution is 5.99. The first-order valence-electron chi connectivity index (χ1n) is 7.46. The zero-order valence-electron chi connectivity index (χ0n) is 13.0. The first kappa shape index (κ1) is 16.0. The molecule has 0 aromatic heterocycles. The summed E-state index contributed by atoms with van der Waals surface area (Å²) in [5, 5.41) is 2.85. The SMILES string of the molecule is CCCC(C)CN1C(=O)C(C)(C)NC(=O)C1CCC. The van der Waals surface area contributed by atoms with Crippen molar-refractivity contribution in [3.63, 3.8) is 0 Å². The minimum atomic E-state index is -0.771. The van der Waals surface area contributed by atoms with Crippen LogP contribution in [0.2, 0.25) is 0 Å². The van der Waals surface area contributed by atoms with Crippen molar-refractivity contribution in [1.82, 2.24) is 10.2 Å². The molecule has 0 saturated carbocycles. The Balaban J connectivity index is 2.89. The van der Waals surface area contributed by atoms with Gasteiger partial charge in [0.25, 0.3) is 0 Å². The maximum Gasteiger partial charge on any atom is 0.248 e. The molecule has 4 heteroatoms. The minimum absolute atomic E-state index is 0.00449. The van der Waals surface area contributed by atoms with E-state index in [1.807, 2.05) is 11.8 Å². The van der Waals surface area contributed by atoms with E-state index in [4.69, 9.17) is 0 Å². The molecular formula is C15H28N2O2. The van der Waals surface area contributed by atoms with Crippen LogP contribution >= 0.6 is 0 Å². The Morgan fingerprint density at radius 3 is 2.42 bits per heavy atom. The molecule has 1 aliphatic rings. The number of carbonyl (C=O) groups is 2. The molecule has 0 spiro atoms. The van der Waals surface area contributed by atoms with Crippen molar-refractivity contribution in [3.8, 4) is 0 Å². The number of rotatable bonds is 6. The fourth-order valence-electron chi connectivity index (χ4n) is 2.78. The molecule has 4 nitrogen and oxygen atoms in total. The monoisotopic (exact) mass is 268 g/mol. The van der Waals surface area contributed by atoms with E-state index in [2.05, 4.69) is 19.2 Å². The number of carbonyl (C=O) groups excluding carboxylic acids is 2. The normalized spacial score (nSPS) is 24.3. The van der Waals surface area contributed by atoms with Crippen LogP contribution in [-0.2, 0) is 9.59 Å². The van der Waals surface area contributed by atoms with Crippen LogP contribution in [0.25, 0.3) is 0 Å². The van der Waals surface area contributed by atoms with Crippen LogP contribution in [0.3, 0.4) is 0 Å². The Bertz CT molecular complexity index is 339. The van der Waals surface area contributed by atoms with Gasteiger partial charge in [-0.15, -0.1) is 0 Å². The number of piperazine rings is 1. The highest BCUT2D eigenvalue weighted by Gasteiger charge is 2.44. The van der Waals surface area contributed by atoms with Gasteiger partial charge < -0.3 is 10.2 Å². The molecule has 0 aromatic carbocycles. The lowest BCUT2D eigenvalue weighted by atomic mass is 9.93. The summed E-state index contributed by atoms with van der Waals surface area (Å²) in [4.78, 5) is 26.5. The van der Waals surface area contributed by atoms with Crippen LogP contribution in [0.4, 0.5) is 0 Å². The molecule has 0 aliphatic carbocycles. The third-order valence-electron chi connectivity index (χ3n) is 3.76. The maximum absolute atomic E-state index is 12.5. The molecule has 2 amide bonds. The van der Waals surface area contributed by atoms with Gasteiger partial charge in [0, 0.05) is 6.54 Å². The van der Waals surface area contributed by atoms with Crippen molar-refractivity contribution in [3.05, 3.63) is 0 Å². The molecule has 1 saturated heterocycles. The first-order valence-corrected chi connectivity index (χ1v) is 7.46. The van der Waals surface area contributed by atoms with Crippen molar-refractivity contribution < 1.29 is 9.59 Å². The van der Waals surface area contributed by atoms with Gasteiger partial charge in [0.15, 0.2) is 0 Å². The largest absolute Gasteiger partial charge is 0.340 e. The van der Waals surface area contributed by atoms with E-state index in [0.29, 0.717) is 12.5 Å². The summed E-state index contributed by atoms with van der Waals surface area (Å²) in [5.74, 6) is 0.485. The van der Waals surface area contributed by atoms with E-state index < -0.39 is 5.54 Å². The Morgan fingerprint density at radius 1 is 1.26 bits per heavy atom. The van der Waals surface area contributed by atoms with Gasteiger partial charge in [-0.25, -0.2) is 0 Å². The van der Waals surface area contributed by atoms with Crippen molar-refractivity contribution >= 4 is 11.8 Å². The Morgan fingerprint density at radius 2 is 1.89 bits per heavy atom. The lowest BCUT2D eigenvalue weighted by Gasteiger charge is -2.43. The summed E-state index contributed by atoms with van der Waals surface area (Å²) in [6.07, 6.45) is 3.85. The number of hydrogen-bond acceptors (Lipinski definition) is 2. The van der Waals surface area contributed by atoms with Gasteiger partial charge in [0.05, 0.1) is 0 Å². The molecule has 1 fully saturated rings. The Kier molecular flexibility index (Phi) is 5.39. The highest BCUT2D eigenvalue weighted by Crippen LogP contribution is 2.23. The summed E-state index contributed by atoms with van der Waals surface area (Å²) < 4.78 is 0. The fourth-order valence-corrected chi connectivity index (χ4v) is 2.78. The van der Waals surface area contributed by atoms with Gasteiger partial charge >= 0.3 is 0 Å². The summed E-state index contributed by atoms with van der Waals surface area (Å²) in [6, 6.07) is -0.287. The molecule has 1 N–H and O–H groups in total. The van der Waals surface area contributed by atoms with Gasteiger partial charge in [-0.05, 0) is 32.6 Å². The van der Waals surface area contributed by atoms with Gasteiger partial charge in [-0.1, -0.05) is 33.6 Å². The molecule has 110 valence electrons. The summed E-state index contributed by atoms with van der Waals surface area (Å²) in [5.41, 5.74) is -0.771. The van der Waals surface area contributed by atoms with E-state index in [1.165, 1.54) is 0 Å². The number of amides is 2. The standard InChI is InChI=1S/C15H28N2O2/c1-6-8-11(3)10-17-12(9-7-2)13(18)16-15(4,5)14(17)19/h11-12H,6-10H2,1-5H3,(H,16,18). The van der Waals surface area contributed by atoms with E-state index >= 15 is 0 Å². The van der Waals surface area contributed by atoms with Crippen LogP contribution < -0.4 is 5.32 Å². The highest BCUT2D eigenvalue weighted by atomic mass is 16.2. The van der Waals surface area contributed by atoms with E-state index in [1.54, 1.807) is 13.8 Å². The van der Waals surface area contributed by atoms with Gasteiger partial charge in [-0.2, -0.15) is 0 Å². The molecule has 2 unspecified atom stereocenters. The number of hydrogen-bond donors (Lipinski definition) is 1. The second-order valence-corrected chi connectivity index (χ2v) is 6.27. The lowest BCUT2D eigenvalue weighted by Crippen LogP contribution is -2.68. The van der Waals surface area contributed by atoms with Crippen molar-refractivity contribution in [2.75, 3.05) is 6.54 Å². The summed E-state index contributed by atoms with van der Waals surface area (Å²) >= 11 is 0. The topological polar surface area (TPSA) is 49.4 Å². The molecule has 1 aliphatic heterocycles. The zero-order chi connectivity index (χ0) is 14.6. The summed E-state index contributed by atoms with van der Waals surface area (Å²) in [6.45, 7) is 10.6. The number of nitrogens with zero attached hydrogens (tertiary/aromatic N) is 1. The summed E-state index contributed by atoms with van der Waals surface area (Å²) in [7, 11) is 0. The molecule has 19 heavy (non-hydrogen) atoms. The van der Waals surface area contributed by atoms with Gasteiger partial charge in [-0.3, -0.25) is 9.59 Å². The van der Waals surface area contributed by atoms with Crippen LogP contribution in [0.5, 0.6) is 0 Å². The van der Waals surface area contributed by atoms with Gasteiger partial charge in [0.2, 0.25) is 11.8 Å². The van der Waals surface area contributed by atoms with Gasteiger partial charge in [0.1, 0.15) is 11.6 Å². The quantitative estimate of drug-likeness (QED) is 0.803. The Labute approximate surface area is 116 Å². The van der Waals surface area contributed by atoms with Crippen molar-refractivity contribution in [2.24, 2.45) is 5.92 Å². The van der Waals surface area contributed by atoms with E-state index in [0.717, 1.165) is 25.7 Å². The van der Waals surface area contributed by atoms with E-state index in [9.17, 15) is 9.59 Å². The van der Waals surface area contributed by atoms with Crippen LogP contribution in [0, 0.1) is 5.92 Å². The maximum atomic E-state index is 12.5. The third kappa shape index (κ3) is 3.71. The molecule has 1 rings (SSSR count). The predicted molar refractivity (Wildman–Crippen MR) is 76.7 cm³/mol. The first-order chi connectivity index (χ1) is 8.83. The average molecular weight is 268 g/mol. The van der Waals surface area contributed by atoms with Crippen molar-refractivity contribution in [2.45, 2.75) is 71.9 Å². The van der Waals surface area contributed by atoms with Crippen molar-refractivity contribution in [1.29, 1.82) is 0 Å². The Hall–Kier alpha value is -1.06. The second kappa shape index (κ2) is 6.40.